The molecule has 1 nitrogen and oxygen atoms in total. The van der Waals surface area contributed by atoms with E-state index in [2.05, 4.69) is 229 Å². The minimum absolute atomic E-state index is 1.10. The molecule has 10 aromatic carbocycles. The molecule has 0 saturated carbocycles. The molecular formula is C54H37N. The maximum atomic E-state index is 2.36. The SMILES string of the molecule is c1ccc(-c2ccc(-c3cccc(N(c4ccccc4)c4cccc(-c5ccccc5-c5ccc6c(ccc7ccc8ccccc8c76)c5)c4)c3)cc2)cc1. The largest absolute Gasteiger partial charge is 0.310 e. The Kier molecular flexibility index (Phi) is 8.24. The average molecular weight is 700 g/mol. The highest BCUT2D eigenvalue weighted by molar-refractivity contribution is 6.20. The molecule has 55 heavy (non-hydrogen) atoms. The maximum Gasteiger partial charge on any atom is 0.0467 e. The van der Waals surface area contributed by atoms with Gasteiger partial charge in [-0.3, -0.25) is 0 Å². The molecule has 0 amide bonds. The van der Waals surface area contributed by atoms with E-state index in [1.807, 2.05) is 0 Å². The van der Waals surface area contributed by atoms with Gasteiger partial charge in [-0.05, 0) is 119 Å². The minimum atomic E-state index is 1.10. The lowest BCUT2D eigenvalue weighted by molar-refractivity contribution is 1.28. The lowest BCUT2D eigenvalue weighted by Gasteiger charge is -2.26. The lowest BCUT2D eigenvalue weighted by atomic mass is 9.91. The summed E-state index contributed by atoms with van der Waals surface area (Å²) < 4.78 is 0. The molecule has 0 aliphatic rings. The van der Waals surface area contributed by atoms with Crippen LogP contribution in [0.25, 0.3) is 76.8 Å². The molecule has 1 heteroatoms. The van der Waals surface area contributed by atoms with Gasteiger partial charge in [-0.15, -0.1) is 0 Å². The van der Waals surface area contributed by atoms with Crippen molar-refractivity contribution in [1.29, 1.82) is 0 Å². The van der Waals surface area contributed by atoms with E-state index in [0.717, 1.165) is 17.1 Å². The van der Waals surface area contributed by atoms with Crippen LogP contribution in [0, 0.1) is 0 Å². The fraction of sp³-hybridized carbons (Fsp3) is 0. The monoisotopic (exact) mass is 699 g/mol. The third-order valence-electron chi connectivity index (χ3n) is 10.8. The normalized spacial score (nSPS) is 11.3. The Morgan fingerprint density at radius 3 is 1.42 bits per heavy atom. The van der Waals surface area contributed by atoms with Crippen molar-refractivity contribution in [2.24, 2.45) is 0 Å². The summed E-state index contributed by atoms with van der Waals surface area (Å²) in [5, 5.41) is 7.68. The second kappa shape index (κ2) is 14.0. The third kappa shape index (κ3) is 6.12. The molecule has 0 atom stereocenters. The first-order valence-corrected chi connectivity index (χ1v) is 18.9. The standard InChI is InChI=1S/C54H37N/c1-3-13-38(14-4-1)39-25-27-40(28-26-39)43-16-11-20-48(36-43)55(47-18-5-2-6-19-47)49-21-12-17-44(37-49)50-22-9-10-23-51(50)45-33-34-53-46(35-45)32-31-42-30-29-41-15-7-8-24-52(41)54(42)53/h1-37H. The average Bonchev–Trinajstić information content (AvgIpc) is 3.27. The van der Waals surface area contributed by atoms with Crippen LogP contribution in [0.1, 0.15) is 0 Å². The number of rotatable bonds is 7. The summed E-state index contributed by atoms with van der Waals surface area (Å²) in [7, 11) is 0. The Labute approximate surface area is 322 Å². The van der Waals surface area contributed by atoms with Gasteiger partial charge in [-0.25, -0.2) is 0 Å². The molecule has 0 aliphatic carbocycles. The van der Waals surface area contributed by atoms with Crippen LogP contribution in [0.3, 0.4) is 0 Å². The smallest absolute Gasteiger partial charge is 0.0467 e. The summed E-state index contributed by atoms with van der Waals surface area (Å²) in [6.45, 7) is 0. The molecule has 258 valence electrons. The highest BCUT2D eigenvalue weighted by Crippen LogP contribution is 2.41. The lowest BCUT2D eigenvalue weighted by Crippen LogP contribution is -2.10. The molecule has 0 radical (unpaired) electrons. The Bertz CT molecular complexity index is 2960. The summed E-state index contributed by atoms with van der Waals surface area (Å²) in [4.78, 5) is 2.36. The van der Waals surface area contributed by atoms with Crippen molar-refractivity contribution < 1.29 is 0 Å². The molecule has 0 aromatic heterocycles. The zero-order valence-electron chi connectivity index (χ0n) is 30.3. The van der Waals surface area contributed by atoms with Gasteiger partial charge in [0.2, 0.25) is 0 Å². The Morgan fingerprint density at radius 1 is 0.236 bits per heavy atom. The zero-order valence-corrected chi connectivity index (χ0v) is 30.3. The Hall–Kier alpha value is -7.22. The summed E-state index contributed by atoms with van der Waals surface area (Å²) in [5.41, 5.74) is 12.9. The molecule has 0 saturated heterocycles. The van der Waals surface area contributed by atoms with Gasteiger partial charge in [0.1, 0.15) is 0 Å². The maximum absolute atomic E-state index is 2.36. The van der Waals surface area contributed by atoms with Crippen molar-refractivity contribution >= 4 is 49.4 Å². The topological polar surface area (TPSA) is 3.24 Å². The van der Waals surface area contributed by atoms with Crippen LogP contribution in [0.2, 0.25) is 0 Å². The van der Waals surface area contributed by atoms with Crippen LogP contribution in [0.15, 0.2) is 224 Å². The summed E-state index contributed by atoms with van der Waals surface area (Å²) in [5.74, 6) is 0. The molecule has 0 heterocycles. The number of hydrogen-bond donors (Lipinski definition) is 0. The number of nitrogens with zero attached hydrogens (tertiary/aromatic N) is 1. The molecule has 0 bridgehead atoms. The number of benzene rings is 10. The van der Waals surface area contributed by atoms with E-state index in [1.54, 1.807) is 0 Å². The third-order valence-corrected chi connectivity index (χ3v) is 10.8. The molecule has 0 fully saturated rings. The quantitative estimate of drug-likeness (QED) is 0.150. The second-order valence-electron chi connectivity index (χ2n) is 14.1. The molecule has 0 N–H and O–H groups in total. The van der Waals surface area contributed by atoms with Crippen molar-refractivity contribution in [3.05, 3.63) is 224 Å². The van der Waals surface area contributed by atoms with Crippen molar-refractivity contribution in [3.8, 4) is 44.5 Å². The fourth-order valence-corrected chi connectivity index (χ4v) is 8.14. The van der Waals surface area contributed by atoms with Crippen molar-refractivity contribution in [1.82, 2.24) is 0 Å². The molecule has 0 unspecified atom stereocenters. The summed E-state index contributed by atoms with van der Waals surface area (Å²) in [6, 6.07) is 81.4. The van der Waals surface area contributed by atoms with Gasteiger partial charge in [-0.1, -0.05) is 182 Å². The van der Waals surface area contributed by atoms with Gasteiger partial charge in [-0.2, -0.15) is 0 Å². The summed E-state index contributed by atoms with van der Waals surface area (Å²) in [6.07, 6.45) is 0. The number of hydrogen-bond acceptors (Lipinski definition) is 1. The highest BCUT2D eigenvalue weighted by atomic mass is 15.1. The first-order chi connectivity index (χ1) is 27.3. The summed E-state index contributed by atoms with van der Waals surface area (Å²) >= 11 is 0. The zero-order chi connectivity index (χ0) is 36.6. The number of fused-ring (bicyclic) bond motifs is 5. The first kappa shape index (κ1) is 32.4. The van der Waals surface area contributed by atoms with Crippen molar-refractivity contribution in [2.45, 2.75) is 0 Å². The van der Waals surface area contributed by atoms with E-state index in [1.165, 1.54) is 76.8 Å². The first-order valence-electron chi connectivity index (χ1n) is 18.9. The molecule has 0 aliphatic heterocycles. The van der Waals surface area contributed by atoms with Crippen molar-refractivity contribution in [2.75, 3.05) is 4.90 Å². The molecule has 10 aromatic rings. The Morgan fingerprint density at radius 2 is 0.691 bits per heavy atom. The van der Waals surface area contributed by atoms with E-state index in [-0.39, 0.29) is 0 Å². The fourth-order valence-electron chi connectivity index (χ4n) is 8.14. The van der Waals surface area contributed by atoms with Crippen molar-refractivity contribution in [3.63, 3.8) is 0 Å². The van der Waals surface area contributed by atoms with Crippen LogP contribution in [-0.2, 0) is 0 Å². The van der Waals surface area contributed by atoms with Crippen LogP contribution >= 0.6 is 0 Å². The van der Waals surface area contributed by atoms with Gasteiger partial charge in [0, 0.05) is 17.1 Å². The van der Waals surface area contributed by atoms with E-state index in [9.17, 15) is 0 Å². The van der Waals surface area contributed by atoms with Crippen LogP contribution in [0.4, 0.5) is 17.1 Å². The highest BCUT2D eigenvalue weighted by Gasteiger charge is 2.16. The number of anilines is 3. The van der Waals surface area contributed by atoms with E-state index >= 15 is 0 Å². The predicted octanol–water partition coefficient (Wildman–Crippen LogP) is 15.3. The van der Waals surface area contributed by atoms with Crippen LogP contribution in [-0.4, -0.2) is 0 Å². The molecule has 0 spiro atoms. The van der Waals surface area contributed by atoms with Gasteiger partial charge >= 0.3 is 0 Å². The Balaban J connectivity index is 1.04. The predicted molar refractivity (Wildman–Crippen MR) is 235 cm³/mol. The van der Waals surface area contributed by atoms with E-state index in [0.29, 0.717) is 0 Å². The van der Waals surface area contributed by atoms with Crippen LogP contribution < -0.4 is 4.90 Å². The van der Waals surface area contributed by atoms with E-state index < -0.39 is 0 Å². The molecule has 10 rings (SSSR count). The van der Waals surface area contributed by atoms with Gasteiger partial charge in [0.05, 0.1) is 0 Å². The molecular weight excluding hydrogens is 663 g/mol. The second-order valence-corrected chi connectivity index (χ2v) is 14.1. The van der Waals surface area contributed by atoms with E-state index in [4.69, 9.17) is 0 Å². The van der Waals surface area contributed by atoms with Gasteiger partial charge in [0.25, 0.3) is 0 Å². The van der Waals surface area contributed by atoms with Gasteiger partial charge in [0.15, 0.2) is 0 Å². The van der Waals surface area contributed by atoms with Gasteiger partial charge < -0.3 is 4.90 Å². The van der Waals surface area contributed by atoms with Crippen LogP contribution in [0.5, 0.6) is 0 Å². The number of para-hydroxylation sites is 1. The minimum Gasteiger partial charge on any atom is -0.310 e.